The molecule has 2 aliphatic heterocycles. The lowest BCUT2D eigenvalue weighted by atomic mass is 10.0. The number of benzene rings is 2. The molecule has 1 N–H and O–H groups in total. The van der Waals surface area contributed by atoms with Gasteiger partial charge in [-0.15, -0.1) is 11.3 Å². The average molecular weight is 449 g/mol. The zero-order valence-corrected chi connectivity index (χ0v) is 19.1. The lowest BCUT2D eigenvalue weighted by Crippen LogP contribution is -2.39. The van der Waals surface area contributed by atoms with E-state index in [1.807, 2.05) is 17.0 Å². The molecule has 1 fully saturated rings. The van der Waals surface area contributed by atoms with E-state index in [2.05, 4.69) is 60.1 Å². The van der Waals surface area contributed by atoms with Gasteiger partial charge >= 0.3 is 0 Å². The van der Waals surface area contributed by atoms with Crippen LogP contribution >= 0.6 is 11.3 Å². The number of nitrogens with one attached hydrogen (secondary N) is 1. The normalized spacial score (nSPS) is 18.5. The average Bonchev–Trinajstić information content (AvgIpc) is 3.52. The number of nitrogens with zero attached hydrogens (tertiary/aromatic N) is 1. The molecule has 0 saturated carbocycles. The highest BCUT2D eigenvalue weighted by Gasteiger charge is 2.31. The summed E-state index contributed by atoms with van der Waals surface area (Å²) in [6.07, 6.45) is 1.98. The van der Waals surface area contributed by atoms with Crippen LogP contribution in [0.1, 0.15) is 46.5 Å². The summed E-state index contributed by atoms with van der Waals surface area (Å²) in [5.41, 5.74) is 3.53. The molecule has 0 bridgehead atoms. The molecular weight excluding hydrogens is 420 g/mol. The SMILES string of the molecule is Cc1ccc([C@H](NCC(=O)N2CCC[C@H]2c2ccc3c(c2)OCCO3)c2cccs2)cc1. The van der Waals surface area contributed by atoms with Crippen LogP contribution in [0, 0.1) is 6.92 Å². The van der Waals surface area contributed by atoms with Gasteiger partial charge in [0, 0.05) is 11.4 Å². The predicted octanol–water partition coefficient (Wildman–Crippen LogP) is 4.87. The van der Waals surface area contributed by atoms with Crippen LogP contribution in [0.25, 0.3) is 0 Å². The molecule has 0 unspecified atom stereocenters. The Morgan fingerprint density at radius 3 is 2.72 bits per heavy atom. The van der Waals surface area contributed by atoms with E-state index in [9.17, 15) is 4.79 Å². The van der Waals surface area contributed by atoms with Crippen molar-refractivity contribution in [1.29, 1.82) is 0 Å². The highest BCUT2D eigenvalue weighted by molar-refractivity contribution is 7.10. The van der Waals surface area contributed by atoms with Gasteiger partial charge in [-0.1, -0.05) is 42.0 Å². The first-order chi connectivity index (χ1) is 15.7. The van der Waals surface area contributed by atoms with Crippen LogP contribution in [-0.4, -0.2) is 37.1 Å². The van der Waals surface area contributed by atoms with Gasteiger partial charge in [-0.3, -0.25) is 10.1 Å². The second kappa shape index (κ2) is 9.35. The molecule has 0 radical (unpaired) electrons. The maximum absolute atomic E-state index is 13.3. The highest BCUT2D eigenvalue weighted by Crippen LogP contribution is 2.38. The molecule has 1 amide bonds. The molecule has 5 nitrogen and oxygen atoms in total. The molecule has 0 aliphatic carbocycles. The van der Waals surface area contributed by atoms with Crippen molar-refractivity contribution in [3.63, 3.8) is 0 Å². The highest BCUT2D eigenvalue weighted by atomic mass is 32.1. The van der Waals surface area contributed by atoms with Crippen molar-refractivity contribution >= 4 is 17.2 Å². The van der Waals surface area contributed by atoms with Crippen molar-refractivity contribution in [2.45, 2.75) is 31.8 Å². The lowest BCUT2D eigenvalue weighted by Gasteiger charge is -2.28. The summed E-state index contributed by atoms with van der Waals surface area (Å²) < 4.78 is 11.4. The third-order valence-electron chi connectivity index (χ3n) is 6.22. The lowest BCUT2D eigenvalue weighted by molar-refractivity contribution is -0.131. The van der Waals surface area contributed by atoms with Gasteiger partial charge in [0.25, 0.3) is 0 Å². The van der Waals surface area contributed by atoms with E-state index in [4.69, 9.17) is 9.47 Å². The van der Waals surface area contributed by atoms with Gasteiger partial charge in [0.1, 0.15) is 13.2 Å². The van der Waals surface area contributed by atoms with E-state index >= 15 is 0 Å². The number of likely N-dealkylation sites (tertiary alicyclic amines) is 1. The third-order valence-corrected chi connectivity index (χ3v) is 7.16. The minimum atomic E-state index is 0.00916. The summed E-state index contributed by atoms with van der Waals surface area (Å²) in [5.74, 6) is 1.70. The molecule has 1 saturated heterocycles. The summed E-state index contributed by atoms with van der Waals surface area (Å²) in [7, 11) is 0. The molecule has 166 valence electrons. The molecule has 6 heteroatoms. The Kier molecular flexibility index (Phi) is 6.14. The second-order valence-corrected chi connectivity index (χ2v) is 9.37. The molecule has 2 atom stereocenters. The van der Waals surface area contributed by atoms with Crippen LogP contribution in [-0.2, 0) is 4.79 Å². The van der Waals surface area contributed by atoms with Crippen molar-refractivity contribution in [2.24, 2.45) is 0 Å². The number of carbonyl (C=O) groups excluding carboxylic acids is 1. The molecule has 2 aliphatic rings. The fourth-order valence-electron chi connectivity index (χ4n) is 4.57. The Morgan fingerprint density at radius 1 is 1.12 bits per heavy atom. The zero-order chi connectivity index (χ0) is 21.9. The van der Waals surface area contributed by atoms with Gasteiger partial charge in [-0.2, -0.15) is 0 Å². The van der Waals surface area contributed by atoms with Crippen LogP contribution in [0.2, 0.25) is 0 Å². The van der Waals surface area contributed by atoms with E-state index in [-0.39, 0.29) is 18.0 Å². The molecule has 5 rings (SSSR count). The first kappa shape index (κ1) is 21.0. The monoisotopic (exact) mass is 448 g/mol. The van der Waals surface area contributed by atoms with Gasteiger partial charge in [-0.25, -0.2) is 0 Å². The molecule has 32 heavy (non-hydrogen) atoms. The van der Waals surface area contributed by atoms with Gasteiger partial charge in [0.15, 0.2) is 11.5 Å². The van der Waals surface area contributed by atoms with Gasteiger partial charge in [0.05, 0.1) is 18.6 Å². The number of rotatable bonds is 6. The summed E-state index contributed by atoms with van der Waals surface area (Å²) in [4.78, 5) is 16.5. The zero-order valence-electron chi connectivity index (χ0n) is 18.3. The van der Waals surface area contributed by atoms with Gasteiger partial charge in [-0.05, 0) is 54.5 Å². The summed E-state index contributed by atoms with van der Waals surface area (Å²) in [6.45, 7) is 4.33. The summed E-state index contributed by atoms with van der Waals surface area (Å²) in [6, 6.07) is 18.9. The number of amides is 1. The van der Waals surface area contributed by atoms with Crippen molar-refractivity contribution in [1.82, 2.24) is 10.2 Å². The van der Waals surface area contributed by atoms with Crippen LogP contribution in [0.5, 0.6) is 11.5 Å². The van der Waals surface area contributed by atoms with Crippen LogP contribution in [0.3, 0.4) is 0 Å². The topological polar surface area (TPSA) is 50.8 Å². The van der Waals surface area contributed by atoms with E-state index in [1.54, 1.807) is 11.3 Å². The molecule has 1 aromatic heterocycles. The molecule has 2 aromatic carbocycles. The summed E-state index contributed by atoms with van der Waals surface area (Å²) in [5, 5.41) is 5.61. The minimum absolute atomic E-state index is 0.00916. The fourth-order valence-corrected chi connectivity index (χ4v) is 5.39. The Bertz CT molecular complexity index is 1070. The van der Waals surface area contributed by atoms with E-state index < -0.39 is 0 Å². The van der Waals surface area contributed by atoms with Crippen LogP contribution in [0.15, 0.2) is 60.0 Å². The standard InChI is InChI=1S/C26H28N2O3S/c1-18-6-8-19(9-7-18)26(24-5-3-15-32-24)27-17-25(29)28-12-2-4-21(28)20-10-11-22-23(16-20)31-14-13-30-22/h3,5-11,15-16,21,26-27H,2,4,12-14,17H2,1H3/t21-,26-/m0/s1. The van der Waals surface area contributed by atoms with E-state index in [0.29, 0.717) is 19.8 Å². The fraction of sp³-hybridized carbons (Fsp3) is 0.346. The molecule has 3 aromatic rings. The van der Waals surface area contributed by atoms with Crippen molar-refractivity contribution in [3.05, 3.63) is 81.5 Å². The van der Waals surface area contributed by atoms with Crippen LogP contribution in [0.4, 0.5) is 0 Å². The number of ether oxygens (including phenoxy) is 2. The Balaban J connectivity index is 1.30. The van der Waals surface area contributed by atoms with E-state index in [0.717, 1.165) is 36.4 Å². The Labute approximate surface area is 193 Å². The molecule has 0 spiro atoms. The third kappa shape index (κ3) is 4.38. The van der Waals surface area contributed by atoms with E-state index in [1.165, 1.54) is 16.0 Å². The first-order valence-corrected chi connectivity index (χ1v) is 12.1. The predicted molar refractivity (Wildman–Crippen MR) is 126 cm³/mol. The smallest absolute Gasteiger partial charge is 0.237 e. The number of hydrogen-bond acceptors (Lipinski definition) is 5. The Morgan fingerprint density at radius 2 is 1.94 bits per heavy atom. The maximum atomic E-state index is 13.3. The largest absolute Gasteiger partial charge is 0.486 e. The molecule has 3 heterocycles. The number of aryl methyl sites for hydroxylation is 1. The Hall–Kier alpha value is -2.83. The number of fused-ring (bicyclic) bond motifs is 1. The van der Waals surface area contributed by atoms with Crippen molar-refractivity contribution in [3.8, 4) is 11.5 Å². The second-order valence-electron chi connectivity index (χ2n) is 8.39. The number of thiophene rings is 1. The first-order valence-electron chi connectivity index (χ1n) is 11.2. The molecular formula is C26H28N2O3S. The number of hydrogen-bond donors (Lipinski definition) is 1. The van der Waals surface area contributed by atoms with Crippen molar-refractivity contribution < 1.29 is 14.3 Å². The van der Waals surface area contributed by atoms with Crippen LogP contribution < -0.4 is 14.8 Å². The number of carbonyl (C=O) groups is 1. The van der Waals surface area contributed by atoms with Gasteiger partial charge in [0.2, 0.25) is 5.91 Å². The van der Waals surface area contributed by atoms with Gasteiger partial charge < -0.3 is 14.4 Å². The quantitative estimate of drug-likeness (QED) is 0.585. The maximum Gasteiger partial charge on any atom is 0.237 e. The summed E-state index contributed by atoms with van der Waals surface area (Å²) >= 11 is 1.71. The van der Waals surface area contributed by atoms with Crippen molar-refractivity contribution in [2.75, 3.05) is 26.3 Å². The minimum Gasteiger partial charge on any atom is -0.486 e.